The van der Waals surface area contributed by atoms with Crippen molar-refractivity contribution in [2.45, 2.75) is 5.75 Å². The summed E-state index contributed by atoms with van der Waals surface area (Å²) in [5, 5.41) is 2.01. The lowest BCUT2D eigenvalue weighted by Gasteiger charge is -2.26. The van der Waals surface area contributed by atoms with Crippen LogP contribution >= 0.6 is 24.0 Å². The Morgan fingerprint density at radius 2 is 1.21 bits per heavy atom. The molecule has 4 heteroatoms. The van der Waals surface area contributed by atoms with Crippen molar-refractivity contribution in [3.05, 3.63) is 96.6 Å². The second-order valence-corrected chi connectivity index (χ2v) is 6.83. The lowest BCUT2D eigenvalue weighted by molar-refractivity contribution is 0.957. The largest absolute Gasteiger partial charge is 0.278 e. The van der Waals surface area contributed by atoms with Gasteiger partial charge in [0.05, 0.1) is 11.4 Å². The maximum absolute atomic E-state index is 5.54. The average molecular weight is 351 g/mol. The van der Waals surface area contributed by atoms with Crippen LogP contribution in [0.3, 0.4) is 0 Å². The maximum atomic E-state index is 5.54. The van der Waals surface area contributed by atoms with Crippen molar-refractivity contribution in [2.24, 2.45) is 0 Å². The molecule has 24 heavy (non-hydrogen) atoms. The Morgan fingerprint density at radius 3 is 1.71 bits per heavy atom. The second kappa shape index (κ2) is 8.52. The number of nitrogens with one attached hydrogen (secondary N) is 1. The molecule has 1 N–H and O–H groups in total. The molecule has 0 aliphatic carbocycles. The van der Waals surface area contributed by atoms with Crippen LogP contribution in [0.4, 0.5) is 11.4 Å². The first-order valence-corrected chi connectivity index (χ1v) is 9.10. The van der Waals surface area contributed by atoms with Crippen LogP contribution in [0.2, 0.25) is 0 Å². The molecular weight excluding hydrogens is 332 g/mol. The molecule has 0 saturated carbocycles. The Kier molecular flexibility index (Phi) is 5.88. The summed E-state index contributed by atoms with van der Waals surface area (Å²) in [5.74, 6) is 0.851. The fourth-order valence-electron chi connectivity index (χ4n) is 2.28. The lowest BCUT2D eigenvalue weighted by atomic mass is 10.2. The number of hydrazine groups is 1. The quantitative estimate of drug-likeness (QED) is 0.479. The minimum atomic E-state index is 0.742. The predicted octanol–water partition coefficient (Wildman–Crippen LogP) is 5.55. The Morgan fingerprint density at radius 1 is 0.750 bits per heavy atom. The van der Waals surface area contributed by atoms with E-state index < -0.39 is 0 Å². The minimum Gasteiger partial charge on any atom is -0.278 e. The van der Waals surface area contributed by atoms with E-state index in [1.54, 1.807) is 11.8 Å². The van der Waals surface area contributed by atoms with Gasteiger partial charge in [-0.25, -0.2) is 0 Å². The normalized spacial score (nSPS) is 10.2. The van der Waals surface area contributed by atoms with E-state index in [1.165, 1.54) is 5.56 Å². The third-order valence-corrected chi connectivity index (χ3v) is 4.72. The molecule has 120 valence electrons. The zero-order chi connectivity index (χ0) is 16.6. The van der Waals surface area contributed by atoms with Crippen molar-refractivity contribution in [2.75, 3.05) is 5.01 Å². The summed E-state index contributed by atoms with van der Waals surface area (Å²) in [5.41, 5.74) is 6.70. The monoisotopic (exact) mass is 350 g/mol. The molecule has 0 radical (unpaired) electrons. The van der Waals surface area contributed by atoms with E-state index in [9.17, 15) is 0 Å². The van der Waals surface area contributed by atoms with Gasteiger partial charge in [0.15, 0.2) is 4.32 Å². The first-order valence-electron chi connectivity index (χ1n) is 7.70. The van der Waals surface area contributed by atoms with Crippen LogP contribution in [0.1, 0.15) is 5.56 Å². The van der Waals surface area contributed by atoms with Crippen LogP contribution in [0.25, 0.3) is 0 Å². The molecule has 0 unspecified atom stereocenters. The van der Waals surface area contributed by atoms with Crippen LogP contribution < -0.4 is 10.4 Å². The zero-order valence-corrected chi connectivity index (χ0v) is 14.8. The highest BCUT2D eigenvalue weighted by Gasteiger charge is 2.10. The lowest BCUT2D eigenvalue weighted by Crippen LogP contribution is -2.36. The third kappa shape index (κ3) is 4.60. The molecule has 3 rings (SSSR count). The second-order valence-electron chi connectivity index (χ2n) is 5.18. The van der Waals surface area contributed by atoms with Gasteiger partial charge in [0, 0.05) is 5.75 Å². The molecule has 0 spiro atoms. The van der Waals surface area contributed by atoms with Gasteiger partial charge in [0.2, 0.25) is 0 Å². The third-order valence-electron chi connectivity index (χ3n) is 3.44. The van der Waals surface area contributed by atoms with Crippen molar-refractivity contribution < 1.29 is 0 Å². The highest BCUT2D eigenvalue weighted by Crippen LogP contribution is 2.24. The van der Waals surface area contributed by atoms with E-state index in [-0.39, 0.29) is 0 Å². The number of benzene rings is 3. The first-order chi connectivity index (χ1) is 11.8. The van der Waals surface area contributed by atoms with Crippen LogP contribution in [0.15, 0.2) is 91.0 Å². The van der Waals surface area contributed by atoms with Crippen molar-refractivity contribution in [1.29, 1.82) is 0 Å². The summed E-state index contributed by atoms with van der Waals surface area (Å²) in [4.78, 5) is 0. The van der Waals surface area contributed by atoms with Gasteiger partial charge in [0.25, 0.3) is 0 Å². The molecule has 0 bridgehead atoms. The minimum absolute atomic E-state index is 0.742. The fourth-order valence-corrected chi connectivity index (χ4v) is 3.19. The highest BCUT2D eigenvalue weighted by atomic mass is 32.2. The zero-order valence-electron chi connectivity index (χ0n) is 13.1. The Labute approximate surface area is 152 Å². The van der Waals surface area contributed by atoms with Gasteiger partial charge < -0.3 is 0 Å². The topological polar surface area (TPSA) is 15.3 Å². The Bertz CT molecular complexity index is 722. The van der Waals surface area contributed by atoms with Gasteiger partial charge in [-0.15, -0.1) is 0 Å². The van der Waals surface area contributed by atoms with Crippen LogP contribution in [0, 0.1) is 0 Å². The molecule has 0 heterocycles. The van der Waals surface area contributed by atoms with E-state index in [0.717, 1.165) is 21.4 Å². The average Bonchev–Trinajstić information content (AvgIpc) is 2.67. The molecule has 0 saturated heterocycles. The van der Waals surface area contributed by atoms with Gasteiger partial charge in [-0.05, 0) is 29.8 Å². The molecule has 0 aromatic heterocycles. The van der Waals surface area contributed by atoms with E-state index in [4.69, 9.17) is 12.2 Å². The number of hydrogen-bond acceptors (Lipinski definition) is 3. The summed E-state index contributed by atoms with van der Waals surface area (Å²) < 4.78 is 0.742. The Hall–Kier alpha value is -2.30. The summed E-state index contributed by atoms with van der Waals surface area (Å²) in [6.45, 7) is 0. The number of para-hydroxylation sites is 2. The summed E-state index contributed by atoms with van der Waals surface area (Å²) in [6.07, 6.45) is 0. The number of thioether (sulfide) groups is 1. The van der Waals surface area contributed by atoms with Crippen LogP contribution in [0.5, 0.6) is 0 Å². The number of anilines is 2. The van der Waals surface area contributed by atoms with Crippen LogP contribution in [-0.2, 0) is 5.75 Å². The first kappa shape index (κ1) is 16.6. The number of nitrogens with zero attached hydrogens (tertiary/aromatic N) is 1. The summed E-state index contributed by atoms with van der Waals surface area (Å²) >= 11 is 7.17. The molecule has 0 aliphatic heterocycles. The van der Waals surface area contributed by atoms with Crippen molar-refractivity contribution in [3.8, 4) is 0 Å². The molecule has 0 atom stereocenters. The maximum Gasteiger partial charge on any atom is 0.153 e. The van der Waals surface area contributed by atoms with E-state index in [0.29, 0.717) is 0 Å². The standard InChI is InChI=1S/C20H18N2S2/c23-20(24-16-17-10-4-1-5-11-17)21-22(18-12-6-2-7-13-18)19-14-8-3-9-15-19/h1-15H,16H2,(H,21,23). The number of rotatable bonds is 5. The van der Waals surface area contributed by atoms with Gasteiger partial charge >= 0.3 is 0 Å². The number of thiocarbonyl (C=S) groups is 1. The van der Waals surface area contributed by atoms with E-state index in [1.807, 2.05) is 59.6 Å². The molecular formula is C20H18N2S2. The molecule has 3 aromatic rings. The van der Waals surface area contributed by atoms with Gasteiger partial charge in [-0.1, -0.05) is 90.7 Å². The predicted molar refractivity (Wildman–Crippen MR) is 108 cm³/mol. The highest BCUT2D eigenvalue weighted by molar-refractivity contribution is 8.22. The summed E-state index contributed by atoms with van der Waals surface area (Å²) in [7, 11) is 0. The molecule has 3 aromatic carbocycles. The van der Waals surface area contributed by atoms with Gasteiger partial charge in [-0.3, -0.25) is 10.4 Å². The van der Waals surface area contributed by atoms with Crippen molar-refractivity contribution in [3.63, 3.8) is 0 Å². The van der Waals surface area contributed by atoms with Crippen molar-refractivity contribution in [1.82, 2.24) is 5.43 Å². The fraction of sp³-hybridized carbons (Fsp3) is 0.0500. The van der Waals surface area contributed by atoms with Crippen molar-refractivity contribution >= 4 is 39.7 Å². The number of hydrogen-bond donors (Lipinski definition) is 1. The molecule has 0 fully saturated rings. The van der Waals surface area contributed by atoms with Crippen LogP contribution in [-0.4, -0.2) is 4.32 Å². The Balaban J connectivity index is 1.71. The molecule has 0 aliphatic rings. The van der Waals surface area contributed by atoms with E-state index in [2.05, 4.69) is 41.8 Å². The molecule has 0 amide bonds. The van der Waals surface area contributed by atoms with E-state index >= 15 is 0 Å². The van der Waals surface area contributed by atoms with Gasteiger partial charge in [-0.2, -0.15) is 0 Å². The van der Waals surface area contributed by atoms with Gasteiger partial charge in [0.1, 0.15) is 0 Å². The smallest absolute Gasteiger partial charge is 0.153 e. The summed E-state index contributed by atoms with van der Waals surface area (Å²) in [6, 6.07) is 30.7. The molecule has 2 nitrogen and oxygen atoms in total. The SMILES string of the molecule is S=C(NN(c1ccccc1)c1ccccc1)SCc1ccccc1.